The van der Waals surface area contributed by atoms with Crippen LogP contribution in [-0.4, -0.2) is 0 Å². The quantitative estimate of drug-likeness (QED) is 0.477. The van der Waals surface area contributed by atoms with Crippen molar-refractivity contribution in [3.05, 3.63) is 89.5 Å². The van der Waals surface area contributed by atoms with E-state index < -0.39 is 7.82 Å². The van der Waals surface area contributed by atoms with E-state index in [1.807, 2.05) is 75.4 Å². The molecule has 3 aromatic carbocycles. The Kier molecular flexibility index (Phi) is 7.58. The number of hydrogen-bond donors (Lipinski definition) is 0. The number of aryl methyl sites for hydroxylation is 3. The van der Waals surface area contributed by atoms with E-state index in [0.29, 0.717) is 17.2 Å². The molecule has 0 heterocycles. The first-order valence-corrected chi connectivity index (χ1v) is 9.79. The summed E-state index contributed by atoms with van der Waals surface area (Å²) < 4.78 is 30.8. The van der Waals surface area contributed by atoms with Gasteiger partial charge in [0.05, 0.1) is 0 Å². The Bertz CT molecular complexity index is 842. The SMILES string of the molecule is Cc1ccccc1OP(=O)(Oc1ccccc1C)Oc1ccccc1C.[H-].[Na+]. The van der Waals surface area contributed by atoms with Crippen LogP contribution in [0.25, 0.3) is 0 Å². The summed E-state index contributed by atoms with van der Waals surface area (Å²) in [6.45, 7) is 5.63. The zero-order chi connectivity index (χ0) is 18.6. The Morgan fingerprint density at radius 3 is 1.11 bits per heavy atom. The molecule has 0 bridgehead atoms. The van der Waals surface area contributed by atoms with E-state index >= 15 is 0 Å². The number of hydrogen-bond acceptors (Lipinski definition) is 4. The summed E-state index contributed by atoms with van der Waals surface area (Å²) >= 11 is 0. The molecule has 0 saturated heterocycles. The summed E-state index contributed by atoms with van der Waals surface area (Å²) in [6, 6.07) is 22.0. The molecule has 0 aromatic heterocycles. The fourth-order valence-electron chi connectivity index (χ4n) is 2.39. The Morgan fingerprint density at radius 2 is 0.852 bits per heavy atom. The van der Waals surface area contributed by atoms with Crippen molar-refractivity contribution in [1.82, 2.24) is 0 Å². The number of phosphoric ester groups is 1. The summed E-state index contributed by atoms with van der Waals surface area (Å²) in [6.07, 6.45) is 0. The van der Waals surface area contributed by atoms with Crippen molar-refractivity contribution in [2.75, 3.05) is 0 Å². The molecule has 0 spiro atoms. The van der Waals surface area contributed by atoms with Crippen LogP contribution in [0.4, 0.5) is 0 Å². The van der Waals surface area contributed by atoms with E-state index in [4.69, 9.17) is 13.6 Å². The Morgan fingerprint density at radius 1 is 0.593 bits per heavy atom. The molecule has 3 rings (SSSR count). The van der Waals surface area contributed by atoms with E-state index in [-0.39, 0.29) is 31.0 Å². The molecule has 0 amide bonds. The normalized spacial score (nSPS) is 10.6. The molecule has 0 aliphatic carbocycles. The van der Waals surface area contributed by atoms with Crippen molar-refractivity contribution in [2.24, 2.45) is 0 Å². The summed E-state index contributed by atoms with van der Waals surface area (Å²) in [4.78, 5) is 0. The van der Waals surface area contributed by atoms with Gasteiger partial charge in [-0.1, -0.05) is 54.6 Å². The Balaban J connectivity index is 0.00000196. The van der Waals surface area contributed by atoms with Gasteiger partial charge < -0.3 is 15.0 Å². The van der Waals surface area contributed by atoms with Gasteiger partial charge in [0.25, 0.3) is 0 Å². The molecule has 3 aromatic rings. The van der Waals surface area contributed by atoms with Crippen molar-refractivity contribution < 1.29 is 49.1 Å². The van der Waals surface area contributed by atoms with Gasteiger partial charge in [-0.2, -0.15) is 4.57 Å². The molecule has 0 unspecified atom stereocenters. The maximum Gasteiger partial charge on any atom is 1.00 e. The molecule has 0 radical (unpaired) electrons. The smallest absolute Gasteiger partial charge is 1.00 e. The predicted octanol–water partition coefficient (Wildman–Crippen LogP) is 3.37. The molecule has 0 aliphatic rings. The van der Waals surface area contributed by atoms with Crippen LogP contribution in [0.15, 0.2) is 72.8 Å². The Labute approximate surface area is 183 Å². The second-order valence-corrected chi connectivity index (χ2v) is 7.46. The van der Waals surface area contributed by atoms with Gasteiger partial charge in [0.2, 0.25) is 0 Å². The largest absolute Gasteiger partial charge is 1.00 e. The molecule has 6 heteroatoms. The third kappa shape index (κ3) is 5.63. The van der Waals surface area contributed by atoms with Crippen LogP contribution >= 0.6 is 7.82 Å². The van der Waals surface area contributed by atoms with Crippen molar-refractivity contribution in [1.29, 1.82) is 0 Å². The summed E-state index contributed by atoms with van der Waals surface area (Å²) in [7, 11) is -3.97. The van der Waals surface area contributed by atoms with E-state index in [1.54, 1.807) is 18.2 Å². The van der Waals surface area contributed by atoms with Crippen LogP contribution in [0.1, 0.15) is 18.1 Å². The maximum atomic E-state index is 13.5. The molecular formula is C21H22NaO4P. The zero-order valence-electron chi connectivity index (χ0n) is 17.0. The summed E-state index contributed by atoms with van der Waals surface area (Å²) in [5.41, 5.74) is 2.53. The van der Waals surface area contributed by atoms with E-state index in [9.17, 15) is 4.57 Å². The van der Waals surface area contributed by atoms with Gasteiger partial charge in [-0.05, 0) is 55.7 Å². The van der Waals surface area contributed by atoms with E-state index in [2.05, 4.69) is 0 Å². The van der Waals surface area contributed by atoms with Gasteiger partial charge in [-0.25, -0.2) is 0 Å². The first kappa shape index (κ1) is 21.6. The maximum absolute atomic E-state index is 13.5. The molecule has 0 fully saturated rings. The van der Waals surface area contributed by atoms with Crippen LogP contribution in [0, 0.1) is 20.8 Å². The third-order valence-electron chi connectivity index (χ3n) is 3.91. The molecule has 0 atom stereocenters. The Hall–Kier alpha value is -1.71. The topological polar surface area (TPSA) is 44.8 Å². The molecule has 0 N–H and O–H groups in total. The minimum Gasteiger partial charge on any atom is -1.00 e. The monoisotopic (exact) mass is 392 g/mol. The second-order valence-electron chi connectivity index (χ2n) is 6.02. The average Bonchev–Trinajstić information content (AvgIpc) is 2.61. The molecular weight excluding hydrogens is 370 g/mol. The van der Waals surface area contributed by atoms with Gasteiger partial charge in [0.1, 0.15) is 17.2 Å². The number of benzene rings is 3. The van der Waals surface area contributed by atoms with Gasteiger partial charge in [-0.3, -0.25) is 0 Å². The van der Waals surface area contributed by atoms with Crippen molar-refractivity contribution in [3.8, 4) is 17.2 Å². The number of phosphoric acid groups is 1. The van der Waals surface area contributed by atoms with E-state index in [0.717, 1.165) is 16.7 Å². The second kappa shape index (κ2) is 9.48. The van der Waals surface area contributed by atoms with Gasteiger partial charge in [0.15, 0.2) is 0 Å². The molecule has 136 valence electrons. The van der Waals surface area contributed by atoms with Crippen molar-refractivity contribution >= 4 is 7.82 Å². The van der Waals surface area contributed by atoms with Crippen LogP contribution in [0.5, 0.6) is 17.2 Å². The summed E-state index contributed by atoms with van der Waals surface area (Å²) in [5, 5.41) is 0. The fraction of sp³-hybridized carbons (Fsp3) is 0.143. The minimum absolute atomic E-state index is 0. The van der Waals surface area contributed by atoms with E-state index in [1.165, 1.54) is 0 Å². The van der Waals surface area contributed by atoms with Crippen molar-refractivity contribution in [2.45, 2.75) is 20.8 Å². The first-order valence-electron chi connectivity index (χ1n) is 8.32. The standard InChI is InChI=1S/C21H21O4P.Na.H/c1-16-10-4-7-13-19(16)23-26(22,24-20-14-8-5-11-17(20)2)25-21-15-9-6-12-18(21)3;;/h4-15H,1-3H3;;/q;+1;-1. The van der Waals surface area contributed by atoms with Crippen LogP contribution in [-0.2, 0) is 4.57 Å². The van der Waals surface area contributed by atoms with Crippen molar-refractivity contribution in [3.63, 3.8) is 0 Å². The number of para-hydroxylation sites is 3. The molecule has 27 heavy (non-hydrogen) atoms. The van der Waals surface area contributed by atoms with Crippen LogP contribution < -0.4 is 43.1 Å². The van der Waals surface area contributed by atoms with Crippen LogP contribution in [0.2, 0.25) is 0 Å². The average molecular weight is 392 g/mol. The molecule has 0 aliphatic heterocycles. The van der Waals surface area contributed by atoms with Crippen LogP contribution in [0.3, 0.4) is 0 Å². The minimum atomic E-state index is -3.97. The first-order chi connectivity index (χ1) is 12.5. The fourth-order valence-corrected chi connectivity index (χ4v) is 3.84. The molecule has 0 saturated carbocycles. The van der Waals surface area contributed by atoms with Gasteiger partial charge >= 0.3 is 37.4 Å². The van der Waals surface area contributed by atoms with Gasteiger partial charge in [0, 0.05) is 0 Å². The van der Waals surface area contributed by atoms with Gasteiger partial charge in [-0.15, -0.1) is 0 Å². The summed E-state index contributed by atoms with van der Waals surface area (Å²) in [5.74, 6) is 1.37. The third-order valence-corrected chi connectivity index (χ3v) is 5.17. The predicted molar refractivity (Wildman–Crippen MR) is 104 cm³/mol. The molecule has 4 nitrogen and oxygen atoms in total. The zero-order valence-corrected chi connectivity index (χ0v) is 18.9. The number of rotatable bonds is 6.